The van der Waals surface area contributed by atoms with Crippen LogP contribution < -0.4 is 0 Å². The van der Waals surface area contributed by atoms with Gasteiger partial charge in [-0.2, -0.15) is 0 Å². The first-order chi connectivity index (χ1) is 4.24. The lowest BCUT2D eigenvalue weighted by molar-refractivity contribution is 0.316. The molecule has 2 fully saturated rings. The third kappa shape index (κ3) is 0.813. The molecular weight excluding hydrogens is 135 g/mol. The summed E-state index contributed by atoms with van der Waals surface area (Å²) in [6, 6.07) is 0. The third-order valence-corrected chi connectivity index (χ3v) is 4.39. The van der Waals surface area contributed by atoms with Crippen molar-refractivity contribution in [1.29, 1.82) is 0 Å². The number of epoxide rings is 1. The van der Waals surface area contributed by atoms with Crippen molar-refractivity contribution in [3.8, 4) is 0 Å². The van der Waals surface area contributed by atoms with E-state index >= 15 is 0 Å². The molecule has 0 bridgehead atoms. The Morgan fingerprint density at radius 3 is 2.89 bits per heavy atom. The number of fused-ring (bicyclic) bond motifs is 1. The average molecular weight is 146 g/mol. The van der Waals surface area contributed by atoms with E-state index in [2.05, 4.69) is 6.92 Å². The van der Waals surface area contributed by atoms with Crippen molar-refractivity contribution in [1.82, 2.24) is 0 Å². The van der Waals surface area contributed by atoms with Gasteiger partial charge in [0, 0.05) is 27.6 Å². The highest BCUT2D eigenvalue weighted by Gasteiger charge is 2.59. The molecule has 2 heterocycles. The average Bonchev–Trinajstić information content (AvgIpc) is 2.33. The standard InChI is InChI=1S/C6H11O2P/c1-6-4-9(7-2)3-5(6)8-6/h5H,3-4H2,1-2H3. The van der Waals surface area contributed by atoms with Crippen LogP contribution in [0, 0.1) is 0 Å². The maximum atomic E-state index is 5.41. The monoisotopic (exact) mass is 146 g/mol. The summed E-state index contributed by atoms with van der Waals surface area (Å²) in [7, 11) is 1.70. The molecule has 0 amide bonds. The van der Waals surface area contributed by atoms with E-state index in [4.69, 9.17) is 9.26 Å². The van der Waals surface area contributed by atoms with Gasteiger partial charge in [0.25, 0.3) is 0 Å². The van der Waals surface area contributed by atoms with Crippen LogP contribution in [0.25, 0.3) is 0 Å². The van der Waals surface area contributed by atoms with Gasteiger partial charge in [0.15, 0.2) is 0 Å². The molecule has 0 aromatic heterocycles. The first kappa shape index (κ1) is 6.09. The van der Waals surface area contributed by atoms with Crippen molar-refractivity contribution < 1.29 is 9.26 Å². The highest BCUT2D eigenvalue weighted by atomic mass is 31.1. The first-order valence-electron chi connectivity index (χ1n) is 3.21. The second-order valence-corrected chi connectivity index (χ2v) is 4.93. The van der Waals surface area contributed by atoms with Crippen molar-refractivity contribution >= 4 is 8.15 Å². The fourth-order valence-corrected chi connectivity index (χ4v) is 3.62. The summed E-state index contributed by atoms with van der Waals surface area (Å²) >= 11 is 0. The van der Waals surface area contributed by atoms with Crippen LogP contribution in [0.1, 0.15) is 6.92 Å². The van der Waals surface area contributed by atoms with Crippen LogP contribution in [0.4, 0.5) is 0 Å². The third-order valence-electron chi connectivity index (χ3n) is 2.15. The molecule has 3 atom stereocenters. The van der Waals surface area contributed by atoms with Gasteiger partial charge in [-0.1, -0.05) is 0 Å². The first-order valence-corrected chi connectivity index (χ1v) is 4.84. The van der Waals surface area contributed by atoms with E-state index in [0.717, 1.165) is 6.16 Å². The molecule has 0 aromatic rings. The summed E-state index contributed by atoms with van der Waals surface area (Å²) < 4.78 is 10.7. The van der Waals surface area contributed by atoms with Gasteiger partial charge in [0.2, 0.25) is 0 Å². The lowest BCUT2D eigenvalue weighted by Gasteiger charge is -2.09. The smallest absolute Gasteiger partial charge is 0.0985 e. The zero-order chi connectivity index (χ0) is 6.48. The molecule has 3 unspecified atom stereocenters. The van der Waals surface area contributed by atoms with Gasteiger partial charge < -0.3 is 9.26 Å². The predicted molar refractivity (Wildman–Crippen MR) is 36.9 cm³/mol. The minimum absolute atomic E-state index is 0.106. The second-order valence-electron chi connectivity index (χ2n) is 2.92. The number of rotatable bonds is 1. The van der Waals surface area contributed by atoms with E-state index in [0.29, 0.717) is 6.10 Å². The number of hydrogen-bond acceptors (Lipinski definition) is 2. The van der Waals surface area contributed by atoms with Crippen molar-refractivity contribution in [2.24, 2.45) is 0 Å². The minimum Gasteiger partial charge on any atom is -0.365 e. The largest absolute Gasteiger partial charge is 0.365 e. The van der Waals surface area contributed by atoms with Crippen LogP contribution in [0.15, 0.2) is 0 Å². The Kier molecular flexibility index (Phi) is 1.14. The predicted octanol–water partition coefficient (Wildman–Crippen LogP) is 1.20. The van der Waals surface area contributed by atoms with E-state index < -0.39 is 0 Å². The maximum Gasteiger partial charge on any atom is 0.0985 e. The molecule has 9 heavy (non-hydrogen) atoms. The highest BCUT2D eigenvalue weighted by molar-refractivity contribution is 7.53. The fourth-order valence-electron chi connectivity index (χ4n) is 1.40. The molecule has 52 valence electrons. The Bertz CT molecular complexity index is 139. The number of ether oxygens (including phenoxy) is 1. The molecule has 0 saturated carbocycles. The molecule has 0 N–H and O–H groups in total. The van der Waals surface area contributed by atoms with Crippen LogP contribution in [0.5, 0.6) is 0 Å². The lowest BCUT2D eigenvalue weighted by atomic mass is 10.2. The Balaban J connectivity index is 1.98. The maximum absolute atomic E-state index is 5.41. The SMILES string of the molecule is COP1CC2OC2(C)C1. The zero-order valence-corrected chi connectivity index (χ0v) is 6.65. The van der Waals surface area contributed by atoms with Crippen LogP contribution in [0.3, 0.4) is 0 Å². The summed E-state index contributed by atoms with van der Waals surface area (Å²) in [5.74, 6) is 0. The van der Waals surface area contributed by atoms with Crippen molar-refractivity contribution in [3.05, 3.63) is 0 Å². The summed E-state index contributed by atoms with van der Waals surface area (Å²) in [4.78, 5) is 0. The molecule has 2 nitrogen and oxygen atoms in total. The summed E-state index contributed by atoms with van der Waals surface area (Å²) in [5, 5.41) is 0. The van der Waals surface area contributed by atoms with Gasteiger partial charge in [0.05, 0.1) is 11.7 Å². The topological polar surface area (TPSA) is 21.8 Å². The zero-order valence-electron chi connectivity index (χ0n) is 5.76. The van der Waals surface area contributed by atoms with Crippen molar-refractivity contribution in [2.75, 3.05) is 19.4 Å². The molecule has 0 aliphatic carbocycles. The molecule has 0 spiro atoms. The molecule has 3 heteroatoms. The summed E-state index contributed by atoms with van der Waals surface area (Å²) in [6.45, 7) is 2.18. The molecule has 0 radical (unpaired) electrons. The van der Waals surface area contributed by atoms with Crippen LogP contribution in [-0.4, -0.2) is 31.1 Å². The Morgan fingerprint density at radius 2 is 2.56 bits per heavy atom. The summed E-state index contributed by atoms with van der Waals surface area (Å²) in [5.41, 5.74) is 0.238. The fraction of sp³-hybridized carbons (Fsp3) is 1.00. The van der Waals surface area contributed by atoms with E-state index in [-0.39, 0.29) is 13.7 Å². The Labute approximate surface area is 56.4 Å². The normalized spacial score (nSPS) is 55.3. The molecule has 2 aliphatic heterocycles. The Hall–Kier alpha value is 0.350. The van der Waals surface area contributed by atoms with Gasteiger partial charge in [-0.15, -0.1) is 0 Å². The van der Waals surface area contributed by atoms with Gasteiger partial charge in [0.1, 0.15) is 0 Å². The molecule has 2 saturated heterocycles. The minimum atomic E-state index is -0.106. The lowest BCUT2D eigenvalue weighted by Crippen LogP contribution is -2.06. The Morgan fingerprint density at radius 1 is 1.78 bits per heavy atom. The number of hydrogen-bond donors (Lipinski definition) is 0. The summed E-state index contributed by atoms with van der Waals surface area (Å²) in [6.07, 6.45) is 2.87. The van der Waals surface area contributed by atoms with Gasteiger partial charge in [-0.25, -0.2) is 0 Å². The molecule has 2 aliphatic rings. The van der Waals surface area contributed by atoms with Crippen LogP contribution >= 0.6 is 8.15 Å². The molecule has 0 aromatic carbocycles. The van der Waals surface area contributed by atoms with Crippen molar-refractivity contribution in [3.63, 3.8) is 0 Å². The highest BCUT2D eigenvalue weighted by Crippen LogP contribution is 2.59. The van der Waals surface area contributed by atoms with E-state index in [1.54, 1.807) is 7.11 Å². The van der Waals surface area contributed by atoms with Gasteiger partial charge in [-0.3, -0.25) is 0 Å². The quantitative estimate of drug-likeness (QED) is 0.409. The van der Waals surface area contributed by atoms with Gasteiger partial charge in [-0.05, 0) is 6.92 Å². The van der Waals surface area contributed by atoms with Gasteiger partial charge >= 0.3 is 0 Å². The van der Waals surface area contributed by atoms with E-state index in [1.807, 2.05) is 0 Å². The van der Waals surface area contributed by atoms with E-state index in [9.17, 15) is 0 Å². The van der Waals surface area contributed by atoms with Crippen LogP contribution in [0.2, 0.25) is 0 Å². The molecule has 2 rings (SSSR count). The van der Waals surface area contributed by atoms with Crippen LogP contribution in [-0.2, 0) is 9.26 Å². The van der Waals surface area contributed by atoms with Crippen molar-refractivity contribution in [2.45, 2.75) is 18.6 Å². The second kappa shape index (κ2) is 1.69. The van der Waals surface area contributed by atoms with E-state index in [1.165, 1.54) is 6.16 Å². The molecular formula is C6H11O2P.